The Morgan fingerprint density at radius 3 is 2.83 bits per heavy atom. The number of piperazine rings is 1. The van der Waals surface area contributed by atoms with Gasteiger partial charge in [0, 0.05) is 50.6 Å². The van der Waals surface area contributed by atoms with E-state index in [1.165, 1.54) is 24.3 Å². The third kappa shape index (κ3) is 4.69. The Bertz CT molecular complexity index is 493. The van der Waals surface area contributed by atoms with Crippen LogP contribution in [0.25, 0.3) is 0 Å². The molecule has 5 heteroatoms. The van der Waals surface area contributed by atoms with E-state index in [9.17, 15) is 5.11 Å². The van der Waals surface area contributed by atoms with Gasteiger partial charge in [-0.2, -0.15) is 11.8 Å². The normalized spacial score (nSPS) is 24.9. The van der Waals surface area contributed by atoms with Crippen LogP contribution in [0.5, 0.6) is 0 Å². The van der Waals surface area contributed by atoms with Gasteiger partial charge in [-0.05, 0) is 49.8 Å². The summed E-state index contributed by atoms with van der Waals surface area (Å²) in [5.41, 5.74) is 2.23. The van der Waals surface area contributed by atoms with Crippen LogP contribution in [-0.4, -0.2) is 69.7 Å². The molecule has 0 radical (unpaired) electrons. The molecular formula is C18H29N3OS. The van der Waals surface area contributed by atoms with Gasteiger partial charge < -0.3 is 5.11 Å². The summed E-state index contributed by atoms with van der Waals surface area (Å²) in [6, 6.07) is 7.47. The lowest BCUT2D eigenvalue weighted by atomic mass is 10.0. The van der Waals surface area contributed by atoms with Crippen molar-refractivity contribution in [1.82, 2.24) is 14.8 Å². The van der Waals surface area contributed by atoms with Gasteiger partial charge in [0.15, 0.2) is 0 Å². The van der Waals surface area contributed by atoms with Gasteiger partial charge in [0.2, 0.25) is 0 Å². The maximum absolute atomic E-state index is 9.48. The monoisotopic (exact) mass is 335 g/mol. The predicted molar refractivity (Wildman–Crippen MR) is 96.8 cm³/mol. The minimum Gasteiger partial charge on any atom is -0.396 e. The summed E-state index contributed by atoms with van der Waals surface area (Å²) in [4.78, 5) is 9.85. The second-order valence-corrected chi connectivity index (χ2v) is 7.97. The highest BCUT2D eigenvalue weighted by Crippen LogP contribution is 2.25. The lowest BCUT2D eigenvalue weighted by molar-refractivity contribution is 0.0286. The number of nitrogens with zero attached hydrogens (tertiary/aromatic N) is 3. The Labute approximate surface area is 144 Å². The minimum atomic E-state index is 0.275. The van der Waals surface area contributed by atoms with Crippen molar-refractivity contribution in [2.75, 3.05) is 37.7 Å². The summed E-state index contributed by atoms with van der Waals surface area (Å²) in [5, 5.41) is 9.48. The molecule has 3 heterocycles. The number of aryl methyl sites for hydroxylation is 1. The van der Waals surface area contributed by atoms with E-state index in [0.29, 0.717) is 6.04 Å². The molecule has 1 atom stereocenters. The first-order chi connectivity index (χ1) is 11.3. The number of hydrogen-bond donors (Lipinski definition) is 1. The third-order valence-electron chi connectivity index (χ3n) is 5.12. The molecule has 0 aromatic carbocycles. The van der Waals surface area contributed by atoms with E-state index in [1.807, 2.05) is 13.0 Å². The Morgan fingerprint density at radius 2 is 2.09 bits per heavy atom. The molecule has 0 spiro atoms. The lowest BCUT2D eigenvalue weighted by Crippen LogP contribution is -2.56. The van der Waals surface area contributed by atoms with Crippen molar-refractivity contribution < 1.29 is 5.11 Å². The molecule has 128 valence electrons. The van der Waals surface area contributed by atoms with Crippen molar-refractivity contribution in [1.29, 1.82) is 0 Å². The number of aliphatic hydroxyl groups excluding tert-OH is 1. The number of aromatic nitrogens is 1. The van der Waals surface area contributed by atoms with Crippen LogP contribution in [0.1, 0.15) is 30.7 Å². The first kappa shape index (κ1) is 17.2. The zero-order valence-electron chi connectivity index (χ0n) is 14.2. The zero-order chi connectivity index (χ0) is 16.1. The molecule has 2 saturated heterocycles. The average molecular weight is 336 g/mol. The van der Waals surface area contributed by atoms with E-state index < -0.39 is 0 Å². The quantitative estimate of drug-likeness (QED) is 0.893. The predicted octanol–water partition coefficient (Wildman–Crippen LogP) is 2.15. The van der Waals surface area contributed by atoms with E-state index in [0.717, 1.165) is 50.0 Å². The molecule has 0 amide bonds. The summed E-state index contributed by atoms with van der Waals surface area (Å²) in [6.45, 7) is 6.57. The Kier molecular flexibility index (Phi) is 6.34. The average Bonchev–Trinajstić information content (AvgIpc) is 2.57. The number of rotatable bonds is 5. The lowest BCUT2D eigenvalue weighted by Gasteiger charge is -2.45. The highest BCUT2D eigenvalue weighted by Gasteiger charge is 2.31. The van der Waals surface area contributed by atoms with Crippen molar-refractivity contribution in [2.45, 2.75) is 44.8 Å². The maximum atomic E-state index is 9.48. The van der Waals surface area contributed by atoms with Crippen molar-refractivity contribution in [2.24, 2.45) is 0 Å². The summed E-state index contributed by atoms with van der Waals surface area (Å²) in [6.07, 6.45) is 3.52. The smallest absolute Gasteiger partial charge is 0.0547 e. The van der Waals surface area contributed by atoms with Gasteiger partial charge >= 0.3 is 0 Å². The van der Waals surface area contributed by atoms with Crippen LogP contribution in [0.3, 0.4) is 0 Å². The molecule has 2 aliphatic rings. The van der Waals surface area contributed by atoms with Crippen LogP contribution in [-0.2, 0) is 6.54 Å². The van der Waals surface area contributed by atoms with E-state index in [2.05, 4.69) is 38.7 Å². The maximum Gasteiger partial charge on any atom is 0.0547 e. The molecule has 3 rings (SSSR count). The zero-order valence-corrected chi connectivity index (χ0v) is 15.0. The van der Waals surface area contributed by atoms with Gasteiger partial charge in [0.1, 0.15) is 0 Å². The molecule has 1 unspecified atom stereocenters. The molecule has 2 fully saturated rings. The van der Waals surface area contributed by atoms with Crippen LogP contribution < -0.4 is 0 Å². The first-order valence-electron chi connectivity index (χ1n) is 8.85. The number of pyridine rings is 1. The second-order valence-electron chi connectivity index (χ2n) is 6.75. The summed E-state index contributed by atoms with van der Waals surface area (Å²) in [7, 11) is 0. The van der Waals surface area contributed by atoms with E-state index in [1.54, 1.807) is 0 Å². The Hall–Kier alpha value is -0.620. The molecule has 2 aliphatic heterocycles. The van der Waals surface area contributed by atoms with Crippen LogP contribution in [0, 0.1) is 6.92 Å². The summed E-state index contributed by atoms with van der Waals surface area (Å²) >= 11 is 2.09. The van der Waals surface area contributed by atoms with Crippen LogP contribution in [0.4, 0.5) is 0 Å². The van der Waals surface area contributed by atoms with Crippen molar-refractivity contribution in [3.63, 3.8) is 0 Å². The molecule has 0 bridgehead atoms. The van der Waals surface area contributed by atoms with Gasteiger partial charge in [-0.25, -0.2) is 0 Å². The number of aliphatic hydroxyl groups is 1. The largest absolute Gasteiger partial charge is 0.396 e. The molecular weight excluding hydrogens is 306 g/mol. The minimum absolute atomic E-state index is 0.275. The first-order valence-corrected chi connectivity index (χ1v) is 10.0. The molecule has 23 heavy (non-hydrogen) atoms. The fourth-order valence-electron chi connectivity index (χ4n) is 3.83. The SMILES string of the molecule is Cc1cccc(CN2CCN(C3CCSCC3)CC2CCO)n1. The van der Waals surface area contributed by atoms with Crippen molar-refractivity contribution >= 4 is 11.8 Å². The number of hydrogen-bond acceptors (Lipinski definition) is 5. The fraction of sp³-hybridized carbons (Fsp3) is 0.722. The molecule has 4 nitrogen and oxygen atoms in total. The number of thioether (sulfide) groups is 1. The van der Waals surface area contributed by atoms with Gasteiger partial charge in [0.05, 0.1) is 5.69 Å². The summed E-state index contributed by atoms with van der Waals surface area (Å²) in [5.74, 6) is 2.62. The van der Waals surface area contributed by atoms with Gasteiger partial charge in [-0.3, -0.25) is 14.8 Å². The van der Waals surface area contributed by atoms with E-state index in [-0.39, 0.29) is 6.61 Å². The van der Waals surface area contributed by atoms with Crippen LogP contribution in [0.2, 0.25) is 0 Å². The van der Waals surface area contributed by atoms with Crippen LogP contribution in [0.15, 0.2) is 18.2 Å². The topological polar surface area (TPSA) is 39.6 Å². The van der Waals surface area contributed by atoms with Crippen LogP contribution >= 0.6 is 11.8 Å². The fourth-order valence-corrected chi connectivity index (χ4v) is 4.91. The van der Waals surface area contributed by atoms with E-state index in [4.69, 9.17) is 0 Å². The second kappa shape index (κ2) is 8.47. The highest BCUT2D eigenvalue weighted by atomic mass is 32.2. The highest BCUT2D eigenvalue weighted by molar-refractivity contribution is 7.99. The van der Waals surface area contributed by atoms with Gasteiger partial charge in [-0.1, -0.05) is 6.07 Å². The standard InChI is InChI=1S/C18H29N3OS/c1-15-3-2-4-16(19-15)13-20-8-9-21(14-18(20)5-10-22)17-6-11-23-12-7-17/h2-4,17-18,22H,5-14H2,1H3. The Morgan fingerprint density at radius 1 is 1.26 bits per heavy atom. The van der Waals surface area contributed by atoms with E-state index >= 15 is 0 Å². The summed E-state index contributed by atoms with van der Waals surface area (Å²) < 4.78 is 0. The molecule has 0 saturated carbocycles. The van der Waals surface area contributed by atoms with Gasteiger partial charge in [-0.15, -0.1) is 0 Å². The molecule has 0 aliphatic carbocycles. The van der Waals surface area contributed by atoms with Crippen molar-refractivity contribution in [3.8, 4) is 0 Å². The van der Waals surface area contributed by atoms with Crippen molar-refractivity contribution in [3.05, 3.63) is 29.6 Å². The molecule has 1 aromatic heterocycles. The Balaban J connectivity index is 1.62. The third-order valence-corrected chi connectivity index (χ3v) is 6.17. The molecule has 1 aromatic rings. The molecule has 1 N–H and O–H groups in total. The van der Waals surface area contributed by atoms with Gasteiger partial charge in [0.25, 0.3) is 0 Å².